The van der Waals surface area contributed by atoms with Gasteiger partial charge in [0.25, 0.3) is 5.56 Å². The van der Waals surface area contributed by atoms with Gasteiger partial charge in [-0.25, -0.2) is 0 Å². The molecule has 4 aromatic rings. The van der Waals surface area contributed by atoms with Gasteiger partial charge < -0.3 is 24.7 Å². The smallest absolute Gasteiger partial charge is 0.271 e. The van der Waals surface area contributed by atoms with Gasteiger partial charge in [0.15, 0.2) is 0 Å². The first-order chi connectivity index (χ1) is 17.7. The van der Waals surface area contributed by atoms with Gasteiger partial charge in [-0.3, -0.25) is 9.78 Å². The van der Waals surface area contributed by atoms with Crippen LogP contribution in [0.25, 0.3) is 0 Å². The van der Waals surface area contributed by atoms with Crippen LogP contribution in [0.4, 0.5) is 11.4 Å². The summed E-state index contributed by atoms with van der Waals surface area (Å²) in [7, 11) is 0. The van der Waals surface area contributed by atoms with E-state index in [-0.39, 0.29) is 11.7 Å². The molecule has 36 heavy (non-hydrogen) atoms. The number of ether oxygens (including phenoxy) is 2. The van der Waals surface area contributed by atoms with Crippen LogP contribution in [-0.2, 0) is 17.7 Å². The lowest BCUT2D eigenvalue weighted by molar-refractivity contribution is 0.0383. The third kappa shape index (κ3) is 4.43. The maximum atomic E-state index is 12.3. The number of benzene rings is 2. The zero-order chi connectivity index (χ0) is 24.5. The van der Waals surface area contributed by atoms with Crippen molar-refractivity contribution in [3.05, 3.63) is 111 Å². The highest BCUT2D eigenvalue weighted by molar-refractivity contribution is 6.31. The van der Waals surface area contributed by atoms with E-state index in [9.17, 15) is 4.79 Å². The topological polar surface area (TPSA) is 79.5 Å². The van der Waals surface area contributed by atoms with Gasteiger partial charge in [-0.2, -0.15) is 0 Å². The van der Waals surface area contributed by atoms with Gasteiger partial charge >= 0.3 is 0 Å². The van der Waals surface area contributed by atoms with Crippen LogP contribution in [0.15, 0.2) is 78.0 Å². The number of nitrogens with zero attached hydrogens (tertiary/aromatic N) is 2. The van der Waals surface area contributed by atoms with Gasteiger partial charge in [0, 0.05) is 72.0 Å². The summed E-state index contributed by atoms with van der Waals surface area (Å²) in [6.45, 7) is 2.38. The highest BCUT2D eigenvalue weighted by Crippen LogP contribution is 2.43. The first-order valence-electron chi connectivity index (χ1n) is 11.9. The van der Waals surface area contributed by atoms with Gasteiger partial charge in [-0.1, -0.05) is 29.8 Å². The molecule has 2 aromatic carbocycles. The molecule has 0 bridgehead atoms. The Balaban J connectivity index is 1.21. The van der Waals surface area contributed by atoms with Crippen LogP contribution in [0.5, 0.6) is 11.5 Å². The van der Waals surface area contributed by atoms with Crippen molar-refractivity contribution in [2.24, 2.45) is 0 Å². The average molecular weight is 501 g/mol. The molecule has 4 heterocycles. The number of hydrogen-bond acceptors (Lipinski definition) is 6. The Morgan fingerprint density at radius 3 is 2.97 bits per heavy atom. The number of H-pyrrole nitrogens is 1. The molecule has 0 spiro atoms. The molecule has 0 amide bonds. The molecule has 6 rings (SSSR count). The van der Waals surface area contributed by atoms with Crippen molar-refractivity contribution in [1.82, 2.24) is 9.97 Å². The van der Waals surface area contributed by atoms with Crippen molar-refractivity contribution in [2.75, 3.05) is 29.9 Å². The number of rotatable bonds is 5. The van der Waals surface area contributed by atoms with Gasteiger partial charge in [-0.15, -0.1) is 0 Å². The number of aromatic amines is 1. The van der Waals surface area contributed by atoms with Gasteiger partial charge in [0.2, 0.25) is 0 Å². The predicted molar refractivity (Wildman–Crippen MR) is 140 cm³/mol. The fraction of sp³-hybridized carbons (Fsp3) is 0.214. The molecular weight excluding hydrogens is 476 g/mol. The minimum absolute atomic E-state index is 0.0892. The molecule has 2 aliphatic heterocycles. The van der Waals surface area contributed by atoms with E-state index in [1.807, 2.05) is 30.3 Å². The standard InChI is InChI=1S/C28H25ClN4O3/c29-23-8-10-30-15-20(23)16-32-21-6-7-25-19(14-21)13-18-3-1-4-22(27(18)36-25)26-17-33(11-12-35-26)24-5-2-9-31-28(24)34/h1-10,14-15,26,32H,11-13,16-17H2,(H,31,34). The fourth-order valence-electron chi connectivity index (χ4n) is 4.82. The van der Waals surface area contributed by atoms with E-state index >= 15 is 0 Å². The van der Waals surface area contributed by atoms with Crippen LogP contribution >= 0.6 is 11.6 Å². The predicted octanol–water partition coefficient (Wildman–Crippen LogP) is 5.31. The molecule has 2 aliphatic rings. The monoisotopic (exact) mass is 500 g/mol. The second kappa shape index (κ2) is 9.68. The van der Waals surface area contributed by atoms with Crippen LogP contribution in [0, 0.1) is 0 Å². The Morgan fingerprint density at radius 2 is 2.08 bits per heavy atom. The number of para-hydroxylation sites is 1. The minimum Gasteiger partial charge on any atom is -0.456 e. The summed E-state index contributed by atoms with van der Waals surface area (Å²) in [5.74, 6) is 1.69. The molecule has 0 saturated carbocycles. The molecule has 0 radical (unpaired) electrons. The quantitative estimate of drug-likeness (QED) is 0.340. The van der Waals surface area contributed by atoms with E-state index in [1.165, 1.54) is 0 Å². The summed E-state index contributed by atoms with van der Waals surface area (Å²) in [5.41, 5.74) is 5.75. The number of hydrogen-bond donors (Lipinski definition) is 2. The molecular formula is C28H25ClN4O3. The number of aromatic nitrogens is 2. The van der Waals surface area contributed by atoms with Crippen molar-refractivity contribution in [3.63, 3.8) is 0 Å². The van der Waals surface area contributed by atoms with E-state index < -0.39 is 0 Å². The van der Waals surface area contributed by atoms with E-state index in [0.29, 0.717) is 37.0 Å². The maximum absolute atomic E-state index is 12.3. The Kier molecular flexibility index (Phi) is 6.09. The first-order valence-corrected chi connectivity index (χ1v) is 12.3. The highest BCUT2D eigenvalue weighted by atomic mass is 35.5. The Hall–Kier alpha value is -3.81. The molecule has 1 saturated heterocycles. The zero-order valence-electron chi connectivity index (χ0n) is 19.5. The van der Waals surface area contributed by atoms with Crippen molar-refractivity contribution < 1.29 is 9.47 Å². The number of nitrogens with one attached hydrogen (secondary N) is 2. The lowest BCUT2D eigenvalue weighted by atomic mass is 9.95. The Bertz CT molecular complexity index is 1470. The number of anilines is 2. The van der Waals surface area contributed by atoms with E-state index in [1.54, 1.807) is 24.7 Å². The fourth-order valence-corrected chi connectivity index (χ4v) is 4.99. The minimum atomic E-state index is -0.194. The van der Waals surface area contributed by atoms with E-state index in [4.69, 9.17) is 21.1 Å². The normalized spacial score (nSPS) is 16.6. The molecule has 2 N–H and O–H groups in total. The summed E-state index contributed by atoms with van der Waals surface area (Å²) in [6.07, 6.45) is 5.68. The molecule has 1 unspecified atom stereocenters. The molecule has 0 aliphatic carbocycles. The highest BCUT2D eigenvalue weighted by Gasteiger charge is 2.29. The summed E-state index contributed by atoms with van der Waals surface area (Å²) in [5, 5.41) is 4.13. The molecule has 182 valence electrons. The van der Waals surface area contributed by atoms with Crippen molar-refractivity contribution in [3.8, 4) is 11.5 Å². The van der Waals surface area contributed by atoms with Crippen LogP contribution in [0.3, 0.4) is 0 Å². The molecule has 8 heteroatoms. The molecule has 1 atom stereocenters. The number of halogens is 1. The van der Waals surface area contributed by atoms with Crippen LogP contribution in [0.2, 0.25) is 5.02 Å². The Labute approximate surface area is 213 Å². The summed E-state index contributed by atoms with van der Waals surface area (Å²) in [4.78, 5) is 21.3. The van der Waals surface area contributed by atoms with Gasteiger partial charge in [0.05, 0.1) is 6.61 Å². The SMILES string of the molecule is O=c1[nH]cccc1N1CCOC(c2cccc3c2Oc2ccc(NCc4cnccc4Cl)cc2C3)C1. The van der Waals surface area contributed by atoms with E-state index in [2.05, 4.69) is 38.4 Å². The largest absolute Gasteiger partial charge is 0.456 e. The van der Waals surface area contributed by atoms with Crippen LogP contribution < -0.4 is 20.5 Å². The number of fused-ring (bicyclic) bond motifs is 2. The number of pyridine rings is 2. The van der Waals surface area contributed by atoms with E-state index in [0.717, 1.165) is 45.9 Å². The summed E-state index contributed by atoms with van der Waals surface area (Å²) < 4.78 is 12.6. The lowest BCUT2D eigenvalue weighted by Crippen LogP contribution is -2.41. The zero-order valence-corrected chi connectivity index (χ0v) is 20.3. The number of morpholine rings is 1. The van der Waals surface area contributed by atoms with Crippen molar-refractivity contribution in [2.45, 2.75) is 19.1 Å². The third-order valence-corrected chi connectivity index (χ3v) is 7.03. The molecule has 1 fully saturated rings. The van der Waals surface area contributed by atoms with Crippen LogP contribution in [-0.4, -0.2) is 29.7 Å². The first kappa shape index (κ1) is 22.6. The molecule has 2 aromatic heterocycles. The maximum Gasteiger partial charge on any atom is 0.271 e. The summed E-state index contributed by atoms with van der Waals surface area (Å²) in [6, 6.07) is 17.8. The summed E-state index contributed by atoms with van der Waals surface area (Å²) >= 11 is 6.26. The third-order valence-electron chi connectivity index (χ3n) is 6.66. The Morgan fingerprint density at radius 1 is 1.14 bits per heavy atom. The van der Waals surface area contributed by atoms with Crippen molar-refractivity contribution >= 4 is 23.0 Å². The van der Waals surface area contributed by atoms with Gasteiger partial charge in [-0.05, 0) is 42.0 Å². The second-order valence-electron chi connectivity index (χ2n) is 8.95. The van der Waals surface area contributed by atoms with Gasteiger partial charge in [0.1, 0.15) is 23.3 Å². The lowest BCUT2D eigenvalue weighted by Gasteiger charge is -2.35. The average Bonchev–Trinajstić information content (AvgIpc) is 2.91. The van der Waals surface area contributed by atoms with Crippen LogP contribution in [0.1, 0.15) is 28.4 Å². The van der Waals surface area contributed by atoms with Crippen molar-refractivity contribution in [1.29, 1.82) is 0 Å². The molecule has 7 nitrogen and oxygen atoms in total. The second-order valence-corrected chi connectivity index (χ2v) is 9.35.